The van der Waals surface area contributed by atoms with Crippen LogP contribution in [0.2, 0.25) is 0 Å². The Morgan fingerprint density at radius 3 is 2.72 bits per heavy atom. The lowest BCUT2D eigenvalue weighted by atomic mass is 10.1. The third kappa shape index (κ3) is 3.67. The number of aromatic nitrogens is 1. The second kappa shape index (κ2) is 6.38. The van der Waals surface area contributed by atoms with E-state index in [0.717, 1.165) is 6.26 Å². The average Bonchev–Trinajstić information content (AvgIpc) is 3.08. The van der Waals surface area contributed by atoms with Crippen LogP contribution in [-0.4, -0.2) is 49.0 Å². The van der Waals surface area contributed by atoms with E-state index in [1.807, 2.05) is 13.8 Å². The van der Waals surface area contributed by atoms with Gasteiger partial charge in [0.1, 0.15) is 0 Å². The van der Waals surface area contributed by atoms with Crippen molar-refractivity contribution < 1.29 is 18.0 Å². The van der Waals surface area contributed by atoms with Crippen molar-refractivity contribution in [1.82, 2.24) is 9.88 Å². The molecule has 0 unspecified atom stereocenters. The maximum Gasteiger partial charge on any atom is 0.231 e. The maximum atomic E-state index is 12.4. The van der Waals surface area contributed by atoms with E-state index in [1.165, 1.54) is 17.4 Å². The fraction of sp³-hybridized carbons (Fsp3) is 0.438. The summed E-state index contributed by atoms with van der Waals surface area (Å²) >= 11 is 1.22. The number of fused-ring (bicyclic) bond motifs is 1. The number of likely N-dealkylation sites (tertiary alicyclic amines) is 1. The van der Waals surface area contributed by atoms with Gasteiger partial charge in [0.2, 0.25) is 11.8 Å². The minimum atomic E-state index is -3.29. The van der Waals surface area contributed by atoms with Gasteiger partial charge >= 0.3 is 0 Å². The molecular formula is C16H19N3O4S2. The molecule has 1 aromatic carbocycles. The van der Waals surface area contributed by atoms with Gasteiger partial charge < -0.3 is 10.2 Å². The molecule has 1 fully saturated rings. The van der Waals surface area contributed by atoms with E-state index in [0.29, 0.717) is 21.9 Å². The van der Waals surface area contributed by atoms with Crippen molar-refractivity contribution in [2.75, 3.05) is 18.1 Å². The molecular weight excluding hydrogens is 362 g/mol. The van der Waals surface area contributed by atoms with Crippen molar-refractivity contribution in [2.24, 2.45) is 5.92 Å². The third-order valence-corrected chi connectivity index (χ3v) is 6.21. The van der Waals surface area contributed by atoms with E-state index in [9.17, 15) is 18.0 Å². The first-order valence-electron chi connectivity index (χ1n) is 7.86. The lowest BCUT2D eigenvalue weighted by Gasteiger charge is -2.20. The molecule has 0 radical (unpaired) electrons. The van der Waals surface area contributed by atoms with Gasteiger partial charge in [0.25, 0.3) is 0 Å². The Kier molecular flexibility index (Phi) is 4.54. The van der Waals surface area contributed by atoms with Crippen LogP contribution in [0.1, 0.15) is 20.3 Å². The van der Waals surface area contributed by atoms with E-state index in [4.69, 9.17) is 0 Å². The number of sulfone groups is 1. The Balaban J connectivity index is 1.77. The predicted molar refractivity (Wildman–Crippen MR) is 96.3 cm³/mol. The number of nitrogens with zero attached hydrogens (tertiary/aromatic N) is 2. The normalized spacial score (nSPS) is 18.3. The summed E-state index contributed by atoms with van der Waals surface area (Å²) in [5.41, 5.74) is 0.624. The van der Waals surface area contributed by atoms with Crippen molar-refractivity contribution in [2.45, 2.75) is 31.2 Å². The van der Waals surface area contributed by atoms with Gasteiger partial charge in [0.15, 0.2) is 15.0 Å². The summed E-state index contributed by atoms with van der Waals surface area (Å²) in [6.45, 7) is 4.25. The first-order valence-corrected chi connectivity index (χ1v) is 10.6. The highest BCUT2D eigenvalue weighted by molar-refractivity contribution is 7.90. The monoisotopic (exact) mass is 381 g/mol. The molecule has 134 valence electrons. The van der Waals surface area contributed by atoms with Crippen molar-refractivity contribution >= 4 is 48.3 Å². The molecule has 1 aliphatic heterocycles. The predicted octanol–water partition coefficient (Wildman–Crippen LogP) is 1.90. The third-order valence-electron chi connectivity index (χ3n) is 4.17. The number of carbonyl (C=O) groups is 2. The number of amides is 2. The van der Waals surface area contributed by atoms with Crippen LogP contribution in [0, 0.1) is 5.92 Å². The number of benzene rings is 1. The van der Waals surface area contributed by atoms with Crippen LogP contribution in [0.5, 0.6) is 0 Å². The van der Waals surface area contributed by atoms with Crippen molar-refractivity contribution in [3.05, 3.63) is 18.2 Å². The highest BCUT2D eigenvalue weighted by Gasteiger charge is 2.35. The molecule has 1 N–H and O–H groups in total. The van der Waals surface area contributed by atoms with Crippen LogP contribution in [-0.2, 0) is 19.4 Å². The largest absolute Gasteiger partial charge is 0.339 e. The zero-order chi connectivity index (χ0) is 18.4. The highest BCUT2D eigenvalue weighted by Crippen LogP contribution is 2.29. The molecule has 7 nitrogen and oxygen atoms in total. The smallest absolute Gasteiger partial charge is 0.231 e. The summed E-state index contributed by atoms with van der Waals surface area (Å²) in [6, 6.07) is 4.75. The SMILES string of the molecule is CC(C)N1C[C@@H](C(=O)Nc2nc3ccc(S(C)(=O)=O)cc3s2)CC1=O. The van der Waals surface area contributed by atoms with Crippen LogP contribution in [0.25, 0.3) is 10.2 Å². The minimum absolute atomic E-state index is 0.0164. The summed E-state index contributed by atoms with van der Waals surface area (Å²) in [7, 11) is -3.29. The van der Waals surface area contributed by atoms with Crippen molar-refractivity contribution in [3.63, 3.8) is 0 Å². The lowest BCUT2D eigenvalue weighted by molar-refractivity contribution is -0.129. The Hall–Kier alpha value is -2.00. The molecule has 2 aromatic rings. The number of hydrogen-bond donors (Lipinski definition) is 1. The van der Waals surface area contributed by atoms with E-state index < -0.39 is 15.8 Å². The number of rotatable bonds is 4. The fourth-order valence-electron chi connectivity index (χ4n) is 2.80. The lowest BCUT2D eigenvalue weighted by Crippen LogP contribution is -2.33. The van der Waals surface area contributed by atoms with Gasteiger partial charge in [-0.1, -0.05) is 11.3 Å². The quantitative estimate of drug-likeness (QED) is 0.872. The molecule has 0 spiro atoms. The number of thiazole rings is 1. The molecule has 1 aliphatic rings. The number of anilines is 1. The van der Waals surface area contributed by atoms with Crippen LogP contribution in [0.3, 0.4) is 0 Å². The van der Waals surface area contributed by atoms with Crippen LogP contribution in [0.15, 0.2) is 23.1 Å². The number of hydrogen-bond acceptors (Lipinski definition) is 6. The zero-order valence-corrected chi connectivity index (χ0v) is 15.8. The average molecular weight is 381 g/mol. The first-order chi connectivity index (χ1) is 11.6. The Morgan fingerprint density at radius 2 is 2.12 bits per heavy atom. The van der Waals surface area contributed by atoms with Crippen LogP contribution >= 0.6 is 11.3 Å². The Morgan fingerprint density at radius 1 is 1.40 bits per heavy atom. The van der Waals surface area contributed by atoms with E-state index in [2.05, 4.69) is 10.3 Å². The maximum absolute atomic E-state index is 12.4. The van der Waals surface area contributed by atoms with Crippen LogP contribution in [0.4, 0.5) is 5.13 Å². The van der Waals surface area contributed by atoms with Gasteiger partial charge in [-0.15, -0.1) is 0 Å². The second-order valence-electron chi connectivity index (χ2n) is 6.45. The van der Waals surface area contributed by atoms with Gasteiger partial charge in [-0.25, -0.2) is 13.4 Å². The highest BCUT2D eigenvalue weighted by atomic mass is 32.2. The van der Waals surface area contributed by atoms with Gasteiger partial charge in [-0.2, -0.15) is 0 Å². The van der Waals surface area contributed by atoms with E-state index in [1.54, 1.807) is 17.0 Å². The molecule has 3 rings (SSSR count). The topological polar surface area (TPSA) is 96.4 Å². The molecule has 2 heterocycles. The summed E-state index contributed by atoms with van der Waals surface area (Å²) in [5.74, 6) is -0.648. The summed E-state index contributed by atoms with van der Waals surface area (Å²) in [4.78, 5) is 30.6. The molecule has 1 aromatic heterocycles. The summed E-state index contributed by atoms with van der Waals surface area (Å²) < 4.78 is 23.9. The Labute approximate surface area is 150 Å². The molecule has 2 amide bonds. The van der Waals surface area contributed by atoms with Gasteiger partial charge in [0.05, 0.1) is 21.0 Å². The molecule has 1 atom stereocenters. The van der Waals surface area contributed by atoms with E-state index >= 15 is 0 Å². The number of nitrogens with one attached hydrogen (secondary N) is 1. The molecule has 1 saturated heterocycles. The fourth-order valence-corrected chi connectivity index (χ4v) is 4.43. The van der Waals surface area contributed by atoms with Crippen molar-refractivity contribution in [3.8, 4) is 0 Å². The van der Waals surface area contributed by atoms with Crippen LogP contribution < -0.4 is 5.32 Å². The van der Waals surface area contributed by atoms with Gasteiger partial charge in [0, 0.05) is 25.3 Å². The molecule has 0 aliphatic carbocycles. The summed E-state index contributed by atoms with van der Waals surface area (Å²) in [6.07, 6.45) is 1.35. The van der Waals surface area contributed by atoms with Gasteiger partial charge in [-0.3, -0.25) is 9.59 Å². The molecule has 9 heteroatoms. The number of carbonyl (C=O) groups excluding carboxylic acids is 2. The van der Waals surface area contributed by atoms with Crippen molar-refractivity contribution in [1.29, 1.82) is 0 Å². The van der Waals surface area contributed by atoms with Gasteiger partial charge in [-0.05, 0) is 32.0 Å². The van der Waals surface area contributed by atoms with E-state index in [-0.39, 0.29) is 29.2 Å². The molecule has 25 heavy (non-hydrogen) atoms. The zero-order valence-electron chi connectivity index (χ0n) is 14.1. The first kappa shape index (κ1) is 17.8. The summed E-state index contributed by atoms with van der Waals surface area (Å²) in [5, 5.41) is 3.16. The Bertz CT molecular complexity index is 949. The molecule has 0 bridgehead atoms. The second-order valence-corrected chi connectivity index (χ2v) is 9.50. The molecule has 0 saturated carbocycles. The standard InChI is InChI=1S/C16H19N3O4S2/c1-9(2)19-8-10(6-14(19)20)15(21)18-16-17-12-5-4-11(25(3,22)23)7-13(12)24-16/h4-5,7,9-10H,6,8H2,1-3H3,(H,17,18,21)/t10-/m0/s1. The minimum Gasteiger partial charge on any atom is -0.339 e.